The van der Waals surface area contributed by atoms with E-state index in [-0.39, 0.29) is 22.6 Å². The molecule has 0 spiro atoms. The van der Waals surface area contributed by atoms with Crippen LogP contribution in [-0.2, 0) is 5.41 Å². The third kappa shape index (κ3) is 1.44. The van der Waals surface area contributed by atoms with Crippen LogP contribution in [0.2, 0.25) is 0 Å². The number of halogens is 1. The van der Waals surface area contributed by atoms with Gasteiger partial charge in [0.1, 0.15) is 11.8 Å². The lowest BCUT2D eigenvalue weighted by atomic mass is 9.92. The molecule has 0 saturated heterocycles. The van der Waals surface area contributed by atoms with E-state index in [1.165, 1.54) is 16.9 Å². The Labute approximate surface area is 86.9 Å². The van der Waals surface area contributed by atoms with Crippen molar-refractivity contribution < 1.29 is 4.39 Å². The van der Waals surface area contributed by atoms with E-state index in [2.05, 4.69) is 10.1 Å². The minimum Gasteiger partial charge on any atom is -0.382 e. The number of nitrogen functional groups attached to an aromatic ring is 1. The molecule has 0 aliphatic rings. The molecule has 0 aliphatic heterocycles. The highest BCUT2D eigenvalue weighted by Gasteiger charge is 2.22. The highest BCUT2D eigenvalue weighted by molar-refractivity contribution is 5.66. The van der Waals surface area contributed by atoms with Gasteiger partial charge in [0, 0.05) is 5.41 Å². The SMILES string of the molecule is CC(C)(C)c1cc(F)c2c(N)ncnn12. The van der Waals surface area contributed by atoms with Crippen LogP contribution < -0.4 is 5.73 Å². The van der Waals surface area contributed by atoms with Gasteiger partial charge in [-0.15, -0.1) is 0 Å². The summed E-state index contributed by atoms with van der Waals surface area (Å²) in [6, 6.07) is 1.46. The van der Waals surface area contributed by atoms with Crippen molar-refractivity contribution in [2.75, 3.05) is 5.73 Å². The molecule has 2 N–H and O–H groups in total. The Morgan fingerprint density at radius 2 is 2.07 bits per heavy atom. The Morgan fingerprint density at radius 3 is 2.67 bits per heavy atom. The monoisotopic (exact) mass is 208 g/mol. The molecule has 4 nitrogen and oxygen atoms in total. The molecule has 2 heterocycles. The fourth-order valence-corrected chi connectivity index (χ4v) is 1.56. The third-order valence-corrected chi connectivity index (χ3v) is 2.30. The number of rotatable bonds is 0. The quantitative estimate of drug-likeness (QED) is 0.717. The van der Waals surface area contributed by atoms with Gasteiger partial charge in [0.25, 0.3) is 0 Å². The number of fused-ring (bicyclic) bond motifs is 1. The van der Waals surface area contributed by atoms with Gasteiger partial charge in [-0.1, -0.05) is 20.8 Å². The Hall–Kier alpha value is -1.65. The molecule has 0 aliphatic carbocycles. The first-order chi connectivity index (χ1) is 6.91. The molecule has 15 heavy (non-hydrogen) atoms. The summed E-state index contributed by atoms with van der Waals surface area (Å²) in [7, 11) is 0. The summed E-state index contributed by atoms with van der Waals surface area (Å²) in [6.07, 6.45) is 1.33. The summed E-state index contributed by atoms with van der Waals surface area (Å²) >= 11 is 0. The van der Waals surface area contributed by atoms with Crippen molar-refractivity contribution in [2.45, 2.75) is 26.2 Å². The maximum atomic E-state index is 13.6. The van der Waals surface area contributed by atoms with E-state index in [0.717, 1.165) is 5.69 Å². The van der Waals surface area contributed by atoms with E-state index in [9.17, 15) is 4.39 Å². The van der Waals surface area contributed by atoms with Gasteiger partial charge in [0.2, 0.25) is 0 Å². The van der Waals surface area contributed by atoms with Crippen molar-refractivity contribution >= 4 is 11.3 Å². The minimum atomic E-state index is -0.377. The van der Waals surface area contributed by atoms with E-state index in [1.807, 2.05) is 20.8 Å². The van der Waals surface area contributed by atoms with E-state index >= 15 is 0 Å². The number of nitrogens with zero attached hydrogens (tertiary/aromatic N) is 3. The first kappa shape index (κ1) is 9.89. The Morgan fingerprint density at radius 1 is 1.40 bits per heavy atom. The maximum Gasteiger partial charge on any atom is 0.154 e. The molecule has 2 aromatic rings. The average molecular weight is 208 g/mol. The van der Waals surface area contributed by atoms with Gasteiger partial charge in [0.15, 0.2) is 11.6 Å². The molecule has 0 saturated carbocycles. The molecule has 0 radical (unpaired) electrons. The second-order valence-electron chi connectivity index (χ2n) is 4.53. The predicted octanol–water partition coefficient (Wildman–Crippen LogP) is 1.75. The summed E-state index contributed by atoms with van der Waals surface area (Å²) in [5.41, 5.74) is 6.45. The van der Waals surface area contributed by atoms with Crippen LogP contribution in [0, 0.1) is 5.82 Å². The van der Waals surface area contributed by atoms with Crippen molar-refractivity contribution in [3.8, 4) is 0 Å². The number of hydrogen-bond donors (Lipinski definition) is 1. The highest BCUT2D eigenvalue weighted by Crippen LogP contribution is 2.27. The summed E-state index contributed by atoms with van der Waals surface area (Å²) in [5.74, 6) is -0.212. The Balaban J connectivity index is 2.85. The van der Waals surface area contributed by atoms with Gasteiger partial charge in [-0.2, -0.15) is 5.10 Å². The van der Waals surface area contributed by atoms with Crippen LogP contribution in [-0.4, -0.2) is 14.6 Å². The summed E-state index contributed by atoms with van der Waals surface area (Å²) in [6.45, 7) is 5.98. The van der Waals surface area contributed by atoms with Crippen molar-refractivity contribution in [2.24, 2.45) is 0 Å². The van der Waals surface area contributed by atoms with E-state index in [1.54, 1.807) is 0 Å². The van der Waals surface area contributed by atoms with Crippen LogP contribution in [0.3, 0.4) is 0 Å². The molecule has 0 unspecified atom stereocenters. The Kier molecular flexibility index (Phi) is 1.92. The zero-order valence-electron chi connectivity index (χ0n) is 8.95. The molecule has 0 amide bonds. The topological polar surface area (TPSA) is 56.2 Å². The van der Waals surface area contributed by atoms with Gasteiger partial charge in [-0.25, -0.2) is 13.9 Å². The molecular formula is C10H13FN4. The second-order valence-corrected chi connectivity index (χ2v) is 4.53. The van der Waals surface area contributed by atoms with Gasteiger partial charge in [-0.05, 0) is 6.07 Å². The number of aromatic nitrogens is 3. The third-order valence-electron chi connectivity index (χ3n) is 2.30. The number of hydrogen-bond acceptors (Lipinski definition) is 3. The average Bonchev–Trinajstić information content (AvgIpc) is 2.44. The zero-order valence-corrected chi connectivity index (χ0v) is 8.95. The van der Waals surface area contributed by atoms with Crippen molar-refractivity contribution in [1.82, 2.24) is 14.6 Å². The minimum absolute atomic E-state index is 0.165. The zero-order chi connectivity index (χ0) is 11.2. The van der Waals surface area contributed by atoms with Crippen LogP contribution in [0.5, 0.6) is 0 Å². The molecular weight excluding hydrogens is 195 g/mol. The second kappa shape index (κ2) is 2.92. The summed E-state index contributed by atoms with van der Waals surface area (Å²) < 4.78 is 15.1. The number of anilines is 1. The van der Waals surface area contributed by atoms with Crippen LogP contribution in [0.4, 0.5) is 10.2 Å². The molecule has 0 bridgehead atoms. The summed E-state index contributed by atoms with van der Waals surface area (Å²) in [5, 5.41) is 4.01. The first-order valence-corrected chi connectivity index (χ1v) is 4.69. The van der Waals surface area contributed by atoms with Gasteiger partial charge >= 0.3 is 0 Å². The molecule has 0 aromatic carbocycles. The van der Waals surface area contributed by atoms with E-state index in [4.69, 9.17) is 5.73 Å². The summed E-state index contributed by atoms with van der Waals surface area (Å²) in [4.78, 5) is 3.77. The standard InChI is InChI=1S/C10H13FN4/c1-10(2,3)7-4-6(11)8-9(12)13-5-14-15(7)8/h4-5H,1-3H3,(H2,12,13,14). The first-order valence-electron chi connectivity index (χ1n) is 4.69. The number of nitrogens with two attached hydrogens (primary N) is 1. The molecule has 2 aromatic heterocycles. The Bertz CT molecular complexity index is 510. The highest BCUT2D eigenvalue weighted by atomic mass is 19.1. The lowest BCUT2D eigenvalue weighted by Crippen LogP contribution is -2.15. The predicted molar refractivity (Wildman–Crippen MR) is 56.1 cm³/mol. The van der Waals surface area contributed by atoms with Crippen molar-refractivity contribution in [3.05, 3.63) is 23.9 Å². The normalized spacial score (nSPS) is 12.3. The van der Waals surface area contributed by atoms with Gasteiger partial charge < -0.3 is 5.73 Å². The molecule has 5 heteroatoms. The van der Waals surface area contributed by atoms with Crippen molar-refractivity contribution in [1.29, 1.82) is 0 Å². The smallest absolute Gasteiger partial charge is 0.154 e. The van der Waals surface area contributed by atoms with Crippen LogP contribution >= 0.6 is 0 Å². The fraction of sp³-hybridized carbons (Fsp3) is 0.400. The van der Waals surface area contributed by atoms with E-state index in [0.29, 0.717) is 0 Å². The fourth-order valence-electron chi connectivity index (χ4n) is 1.56. The van der Waals surface area contributed by atoms with Crippen molar-refractivity contribution in [3.63, 3.8) is 0 Å². The maximum absolute atomic E-state index is 13.6. The largest absolute Gasteiger partial charge is 0.382 e. The van der Waals surface area contributed by atoms with E-state index < -0.39 is 0 Å². The molecule has 80 valence electrons. The van der Waals surface area contributed by atoms with Crippen LogP contribution in [0.15, 0.2) is 12.4 Å². The lowest BCUT2D eigenvalue weighted by Gasteiger charge is -2.17. The van der Waals surface area contributed by atoms with Gasteiger partial charge in [0.05, 0.1) is 5.69 Å². The van der Waals surface area contributed by atoms with Crippen LogP contribution in [0.25, 0.3) is 5.52 Å². The van der Waals surface area contributed by atoms with Gasteiger partial charge in [-0.3, -0.25) is 0 Å². The lowest BCUT2D eigenvalue weighted by molar-refractivity contribution is 0.549. The molecule has 2 rings (SSSR count). The molecule has 0 atom stereocenters. The molecule has 0 fully saturated rings. The van der Waals surface area contributed by atoms with Crippen LogP contribution in [0.1, 0.15) is 26.5 Å².